The number of hydrogen-bond acceptors (Lipinski definition) is 3. The molecular weight excluding hydrogens is 244 g/mol. The minimum absolute atomic E-state index is 0.338. The number of rotatable bonds is 3. The Morgan fingerprint density at radius 1 is 1.44 bits per heavy atom. The molecule has 0 aromatic carbocycles. The van der Waals surface area contributed by atoms with Gasteiger partial charge in [-0.25, -0.2) is 0 Å². The minimum Gasteiger partial charge on any atom is -0.342 e. The van der Waals surface area contributed by atoms with Gasteiger partial charge in [0.05, 0.1) is 0 Å². The van der Waals surface area contributed by atoms with E-state index in [1.54, 1.807) is 0 Å². The standard InChI is InChI=1S/C14H26N2OS/c1-14(2)6-8-16(9-10-18-14)13(17)4-3-12-5-7-15-11-12/h12,15H,3-11H2,1-2H3. The summed E-state index contributed by atoms with van der Waals surface area (Å²) in [6, 6.07) is 0. The highest BCUT2D eigenvalue weighted by atomic mass is 32.2. The number of nitrogens with zero attached hydrogens (tertiary/aromatic N) is 1. The average molecular weight is 270 g/mol. The average Bonchev–Trinajstić information content (AvgIpc) is 2.77. The minimum atomic E-state index is 0.338. The van der Waals surface area contributed by atoms with Crippen molar-refractivity contribution in [2.45, 2.75) is 44.3 Å². The number of carbonyl (C=O) groups excluding carboxylic acids is 1. The molecule has 1 amide bonds. The fraction of sp³-hybridized carbons (Fsp3) is 0.929. The molecule has 0 spiro atoms. The van der Waals surface area contributed by atoms with Crippen LogP contribution in [0.3, 0.4) is 0 Å². The lowest BCUT2D eigenvalue weighted by molar-refractivity contribution is -0.131. The summed E-state index contributed by atoms with van der Waals surface area (Å²) in [4.78, 5) is 14.3. The molecule has 2 aliphatic rings. The highest BCUT2D eigenvalue weighted by Crippen LogP contribution is 2.31. The summed E-state index contributed by atoms with van der Waals surface area (Å²) in [7, 11) is 0. The van der Waals surface area contributed by atoms with Crippen molar-refractivity contribution in [1.82, 2.24) is 10.2 Å². The number of nitrogens with one attached hydrogen (secondary N) is 1. The molecule has 1 atom stereocenters. The zero-order valence-corrected chi connectivity index (χ0v) is 12.5. The summed E-state index contributed by atoms with van der Waals surface area (Å²) >= 11 is 2.00. The second-order valence-corrected chi connectivity index (χ2v) is 7.94. The zero-order chi connectivity index (χ0) is 13.0. The molecule has 18 heavy (non-hydrogen) atoms. The molecule has 2 saturated heterocycles. The molecule has 104 valence electrons. The Morgan fingerprint density at radius 2 is 2.28 bits per heavy atom. The fourth-order valence-corrected chi connectivity index (χ4v) is 3.82. The van der Waals surface area contributed by atoms with Gasteiger partial charge < -0.3 is 10.2 Å². The van der Waals surface area contributed by atoms with Crippen molar-refractivity contribution in [3.05, 3.63) is 0 Å². The molecule has 0 aromatic rings. The SMILES string of the molecule is CC1(C)CCN(C(=O)CCC2CCNC2)CCS1. The van der Waals surface area contributed by atoms with Crippen molar-refractivity contribution in [2.75, 3.05) is 31.9 Å². The third-order valence-corrected chi connectivity index (χ3v) is 5.49. The Bertz CT molecular complexity index is 288. The number of amides is 1. The molecule has 0 aromatic heterocycles. The van der Waals surface area contributed by atoms with E-state index in [4.69, 9.17) is 0 Å². The third-order valence-electron chi connectivity index (χ3n) is 4.12. The van der Waals surface area contributed by atoms with E-state index in [0.717, 1.165) is 57.1 Å². The summed E-state index contributed by atoms with van der Waals surface area (Å²) in [6.07, 6.45) is 4.18. The normalized spacial score (nSPS) is 28.1. The van der Waals surface area contributed by atoms with Crippen LogP contribution in [0.25, 0.3) is 0 Å². The molecule has 3 nitrogen and oxygen atoms in total. The lowest BCUT2D eigenvalue weighted by atomic mass is 10.0. The van der Waals surface area contributed by atoms with Crippen molar-refractivity contribution < 1.29 is 4.79 Å². The Labute approximate surface area is 115 Å². The molecule has 1 unspecified atom stereocenters. The predicted octanol–water partition coefficient (Wildman–Crippen LogP) is 2.12. The number of hydrogen-bond donors (Lipinski definition) is 1. The summed E-state index contributed by atoms with van der Waals surface area (Å²) in [5.74, 6) is 2.19. The van der Waals surface area contributed by atoms with Crippen molar-refractivity contribution in [2.24, 2.45) is 5.92 Å². The van der Waals surface area contributed by atoms with Crippen LogP contribution in [0.1, 0.15) is 39.5 Å². The van der Waals surface area contributed by atoms with Crippen LogP contribution >= 0.6 is 11.8 Å². The molecule has 2 rings (SSSR count). The van der Waals surface area contributed by atoms with Gasteiger partial charge in [-0.05, 0) is 38.3 Å². The first-order valence-electron chi connectivity index (χ1n) is 7.19. The van der Waals surface area contributed by atoms with Crippen molar-refractivity contribution in [3.63, 3.8) is 0 Å². The molecular formula is C14H26N2OS. The predicted molar refractivity (Wildman–Crippen MR) is 77.9 cm³/mol. The van der Waals surface area contributed by atoms with E-state index in [9.17, 15) is 4.79 Å². The van der Waals surface area contributed by atoms with Crippen LogP contribution in [0.15, 0.2) is 0 Å². The van der Waals surface area contributed by atoms with Crippen LogP contribution in [-0.4, -0.2) is 47.5 Å². The maximum Gasteiger partial charge on any atom is 0.222 e. The maximum atomic E-state index is 12.2. The summed E-state index contributed by atoms with van der Waals surface area (Å²) in [5.41, 5.74) is 0. The van der Waals surface area contributed by atoms with Gasteiger partial charge in [0.15, 0.2) is 0 Å². The summed E-state index contributed by atoms with van der Waals surface area (Å²) < 4.78 is 0.338. The van der Waals surface area contributed by atoms with E-state index < -0.39 is 0 Å². The topological polar surface area (TPSA) is 32.3 Å². The van der Waals surface area contributed by atoms with Gasteiger partial charge in [0.25, 0.3) is 0 Å². The highest BCUT2D eigenvalue weighted by molar-refractivity contribution is 8.00. The van der Waals surface area contributed by atoms with Gasteiger partial charge in [0.1, 0.15) is 0 Å². The third kappa shape index (κ3) is 4.16. The molecule has 2 heterocycles. The van der Waals surface area contributed by atoms with Crippen LogP contribution in [0, 0.1) is 5.92 Å². The maximum absolute atomic E-state index is 12.2. The van der Waals surface area contributed by atoms with Crippen LogP contribution in [0.2, 0.25) is 0 Å². The smallest absolute Gasteiger partial charge is 0.222 e. The van der Waals surface area contributed by atoms with E-state index in [1.165, 1.54) is 6.42 Å². The Hall–Kier alpha value is -0.220. The van der Waals surface area contributed by atoms with Gasteiger partial charge >= 0.3 is 0 Å². The van der Waals surface area contributed by atoms with Gasteiger partial charge in [0, 0.05) is 30.0 Å². The van der Waals surface area contributed by atoms with E-state index in [0.29, 0.717) is 10.7 Å². The monoisotopic (exact) mass is 270 g/mol. The molecule has 0 saturated carbocycles. The van der Waals surface area contributed by atoms with E-state index in [2.05, 4.69) is 24.1 Å². The quantitative estimate of drug-likeness (QED) is 0.852. The van der Waals surface area contributed by atoms with Crippen LogP contribution in [0.4, 0.5) is 0 Å². The summed E-state index contributed by atoms with van der Waals surface area (Å²) in [5, 5.41) is 3.37. The van der Waals surface area contributed by atoms with Gasteiger partial charge in [-0.3, -0.25) is 4.79 Å². The first-order chi connectivity index (χ1) is 8.57. The molecule has 0 radical (unpaired) electrons. The molecule has 1 N–H and O–H groups in total. The second kappa shape index (κ2) is 6.29. The molecule has 0 bridgehead atoms. The van der Waals surface area contributed by atoms with E-state index >= 15 is 0 Å². The fourth-order valence-electron chi connectivity index (χ4n) is 2.72. The van der Waals surface area contributed by atoms with E-state index in [1.807, 2.05) is 11.8 Å². The lowest BCUT2D eigenvalue weighted by Crippen LogP contribution is -2.33. The van der Waals surface area contributed by atoms with Crippen LogP contribution in [-0.2, 0) is 4.79 Å². The molecule has 0 aliphatic carbocycles. The largest absolute Gasteiger partial charge is 0.342 e. The van der Waals surface area contributed by atoms with E-state index in [-0.39, 0.29) is 0 Å². The molecule has 2 aliphatic heterocycles. The Morgan fingerprint density at radius 3 is 3.00 bits per heavy atom. The van der Waals surface area contributed by atoms with Gasteiger partial charge in [-0.2, -0.15) is 11.8 Å². The zero-order valence-electron chi connectivity index (χ0n) is 11.7. The van der Waals surface area contributed by atoms with Gasteiger partial charge in [0.2, 0.25) is 5.91 Å². The lowest BCUT2D eigenvalue weighted by Gasteiger charge is -2.23. The van der Waals surface area contributed by atoms with Crippen LogP contribution in [0.5, 0.6) is 0 Å². The molecule has 4 heteroatoms. The number of thioether (sulfide) groups is 1. The Kier molecular flexibility index (Phi) is 4.96. The van der Waals surface area contributed by atoms with Crippen molar-refractivity contribution >= 4 is 17.7 Å². The molecule has 2 fully saturated rings. The summed E-state index contributed by atoms with van der Waals surface area (Å²) in [6.45, 7) is 8.70. The van der Waals surface area contributed by atoms with Gasteiger partial charge in [-0.15, -0.1) is 0 Å². The first kappa shape index (κ1) is 14.2. The first-order valence-corrected chi connectivity index (χ1v) is 8.18. The van der Waals surface area contributed by atoms with Gasteiger partial charge in [-0.1, -0.05) is 13.8 Å². The van der Waals surface area contributed by atoms with Crippen LogP contribution < -0.4 is 5.32 Å². The number of carbonyl (C=O) groups is 1. The second-order valence-electron chi connectivity index (χ2n) is 6.14. The van der Waals surface area contributed by atoms with Crippen molar-refractivity contribution in [1.29, 1.82) is 0 Å². The van der Waals surface area contributed by atoms with Crippen molar-refractivity contribution in [3.8, 4) is 0 Å². The Balaban J connectivity index is 1.74. The highest BCUT2D eigenvalue weighted by Gasteiger charge is 2.26.